The molecule has 1 aliphatic heterocycles. The minimum absolute atomic E-state index is 0.00479. The van der Waals surface area contributed by atoms with Gasteiger partial charge in [-0.05, 0) is 122 Å². The van der Waals surface area contributed by atoms with Crippen LogP contribution in [0.1, 0.15) is 96.0 Å². The average molecular weight is 676 g/mol. The Balaban J connectivity index is 0.000000288. The molecule has 0 spiro atoms. The number of alkyl carbamates (subject to hydrolysis) is 1. The number of amides is 2. The SMILES string of the molecule is CCC(C=O)CCCC(CF)NC(=O)OC(C)(C)C.COC1CCC(C2CCN(C)C2C(=O)Nc2ccc3oc(C(=O)O)cc3c2)CC1. The Morgan fingerprint density at radius 2 is 1.83 bits per heavy atom. The number of carboxylic acid groups (broad SMARTS) is 1. The standard InChI is InChI=1S/C22H28N2O5.C14H26FNO3/c1-24-10-9-17(13-3-6-16(28-2)7-4-13)20(24)21(25)23-15-5-8-18-14(11-15)12-19(29-18)22(26)27;1-5-11(10-17)7-6-8-12(9-15)16-13(18)19-14(2,3)4/h5,8,11-13,16-17,20H,3-4,6-7,9-10H2,1-2H3,(H,23,25)(H,26,27);10-12H,5-9H2,1-4H3,(H,16,18). The number of hydrogen-bond donors (Lipinski definition) is 3. The molecule has 2 amide bonds. The number of carbonyl (C=O) groups excluding carboxylic acids is 3. The Morgan fingerprint density at radius 3 is 2.42 bits per heavy atom. The van der Waals surface area contributed by atoms with Crippen molar-refractivity contribution in [3.05, 3.63) is 30.0 Å². The van der Waals surface area contributed by atoms with Crippen LogP contribution in [-0.2, 0) is 19.1 Å². The van der Waals surface area contributed by atoms with Gasteiger partial charge in [0, 0.05) is 24.1 Å². The predicted octanol–water partition coefficient (Wildman–Crippen LogP) is 6.84. The minimum atomic E-state index is -1.11. The van der Waals surface area contributed by atoms with Crippen LogP contribution in [0, 0.1) is 17.8 Å². The van der Waals surface area contributed by atoms with Crippen molar-refractivity contribution in [2.24, 2.45) is 17.8 Å². The van der Waals surface area contributed by atoms with E-state index in [0.29, 0.717) is 47.4 Å². The summed E-state index contributed by atoms with van der Waals surface area (Å²) in [6.45, 7) is 7.52. The van der Waals surface area contributed by atoms with Gasteiger partial charge in [0.15, 0.2) is 0 Å². The molecule has 1 saturated heterocycles. The molecule has 2 fully saturated rings. The van der Waals surface area contributed by atoms with E-state index in [2.05, 4.69) is 15.5 Å². The van der Waals surface area contributed by atoms with Gasteiger partial charge in [0.2, 0.25) is 11.7 Å². The number of carboxylic acids is 1. The molecule has 1 aromatic heterocycles. The number of likely N-dealkylation sites (tertiary alicyclic amines) is 1. The number of alkyl halides is 1. The zero-order chi connectivity index (χ0) is 35.4. The first-order chi connectivity index (χ1) is 22.8. The van der Waals surface area contributed by atoms with Gasteiger partial charge in [-0.1, -0.05) is 13.3 Å². The van der Waals surface area contributed by atoms with Crippen molar-refractivity contribution >= 4 is 40.9 Å². The first kappa shape index (κ1) is 38.9. The molecule has 2 aromatic rings. The van der Waals surface area contributed by atoms with Crippen molar-refractivity contribution in [3.8, 4) is 0 Å². The summed E-state index contributed by atoms with van der Waals surface area (Å²) in [7, 11) is 3.80. The molecule has 4 atom stereocenters. The highest BCUT2D eigenvalue weighted by atomic mass is 19.1. The van der Waals surface area contributed by atoms with Crippen molar-refractivity contribution in [3.63, 3.8) is 0 Å². The lowest BCUT2D eigenvalue weighted by atomic mass is 9.75. The maximum Gasteiger partial charge on any atom is 0.407 e. The van der Waals surface area contributed by atoms with Gasteiger partial charge in [-0.3, -0.25) is 9.69 Å². The van der Waals surface area contributed by atoms with Gasteiger partial charge < -0.3 is 34.4 Å². The number of rotatable bonds is 13. The number of nitrogens with one attached hydrogen (secondary N) is 2. The second-order valence-corrected chi connectivity index (χ2v) is 14.0. The molecule has 2 aliphatic rings. The fraction of sp³-hybridized carbons (Fsp3) is 0.667. The number of carbonyl (C=O) groups is 4. The normalized spacial score (nSPS) is 22.6. The zero-order valence-electron chi connectivity index (χ0n) is 29.3. The first-order valence-corrected chi connectivity index (χ1v) is 17.1. The predicted molar refractivity (Wildman–Crippen MR) is 182 cm³/mol. The second kappa shape index (κ2) is 18.3. The molecule has 1 aromatic carbocycles. The van der Waals surface area contributed by atoms with Gasteiger partial charge in [-0.2, -0.15) is 0 Å². The number of fused-ring (bicyclic) bond motifs is 1. The van der Waals surface area contributed by atoms with Crippen molar-refractivity contribution in [2.75, 3.05) is 32.7 Å². The molecular weight excluding hydrogens is 621 g/mol. The Kier molecular flexibility index (Phi) is 14.8. The number of ether oxygens (including phenoxy) is 2. The van der Waals surface area contributed by atoms with Crippen LogP contribution in [0.25, 0.3) is 11.0 Å². The molecule has 268 valence electrons. The molecule has 4 rings (SSSR count). The zero-order valence-corrected chi connectivity index (χ0v) is 29.3. The van der Waals surface area contributed by atoms with Gasteiger partial charge in [-0.25, -0.2) is 14.0 Å². The number of nitrogens with zero attached hydrogens (tertiary/aromatic N) is 1. The maximum absolute atomic E-state index is 13.2. The third-order valence-corrected chi connectivity index (χ3v) is 9.37. The van der Waals surface area contributed by atoms with E-state index in [9.17, 15) is 23.6 Å². The summed E-state index contributed by atoms with van der Waals surface area (Å²) < 4.78 is 28.7. The van der Waals surface area contributed by atoms with Crippen molar-refractivity contribution in [1.82, 2.24) is 10.2 Å². The lowest BCUT2D eigenvalue weighted by Crippen LogP contribution is -2.43. The number of halogens is 1. The third kappa shape index (κ3) is 11.6. The lowest BCUT2D eigenvalue weighted by Gasteiger charge is -2.34. The van der Waals surface area contributed by atoms with Crippen LogP contribution < -0.4 is 10.6 Å². The number of methoxy groups -OCH3 is 1. The number of hydrogen-bond acceptors (Lipinski definition) is 8. The van der Waals surface area contributed by atoms with Crippen LogP contribution in [0.15, 0.2) is 28.7 Å². The topological polar surface area (TPSA) is 147 Å². The molecule has 2 heterocycles. The van der Waals surface area contributed by atoms with E-state index >= 15 is 0 Å². The quantitative estimate of drug-likeness (QED) is 0.194. The molecule has 3 N–H and O–H groups in total. The second-order valence-electron chi connectivity index (χ2n) is 14.0. The monoisotopic (exact) mass is 675 g/mol. The summed E-state index contributed by atoms with van der Waals surface area (Å²) in [6, 6.07) is 6.00. The van der Waals surface area contributed by atoms with Gasteiger partial charge in [0.25, 0.3) is 0 Å². The van der Waals surface area contributed by atoms with Crippen molar-refractivity contribution < 1.29 is 42.6 Å². The number of aromatic carboxylic acids is 1. The molecule has 48 heavy (non-hydrogen) atoms. The average Bonchev–Trinajstić information content (AvgIpc) is 3.65. The van der Waals surface area contributed by atoms with Gasteiger partial charge in [0.1, 0.15) is 24.1 Å². The molecule has 1 saturated carbocycles. The fourth-order valence-electron chi connectivity index (χ4n) is 6.72. The van der Waals surface area contributed by atoms with Crippen LogP contribution in [0.5, 0.6) is 0 Å². The number of likely N-dealkylation sites (N-methyl/N-ethyl adjacent to an activating group) is 1. The summed E-state index contributed by atoms with van der Waals surface area (Å²) in [6.07, 6.45) is 8.84. The van der Waals surface area contributed by atoms with Crippen molar-refractivity contribution in [1.29, 1.82) is 0 Å². The molecule has 4 unspecified atom stereocenters. The molecule has 1 aliphatic carbocycles. The van der Waals surface area contributed by atoms with E-state index in [4.69, 9.17) is 19.0 Å². The Morgan fingerprint density at radius 1 is 1.12 bits per heavy atom. The minimum Gasteiger partial charge on any atom is -0.475 e. The van der Waals surface area contributed by atoms with E-state index in [1.54, 1.807) is 46.1 Å². The summed E-state index contributed by atoms with van der Waals surface area (Å²) >= 11 is 0. The summed E-state index contributed by atoms with van der Waals surface area (Å²) in [5.41, 5.74) is 0.559. The van der Waals surface area contributed by atoms with E-state index < -0.39 is 30.4 Å². The molecule has 11 nitrogen and oxygen atoms in total. The van der Waals surface area contributed by atoms with Crippen LogP contribution in [0.3, 0.4) is 0 Å². The Bertz CT molecular complexity index is 1350. The fourth-order valence-corrected chi connectivity index (χ4v) is 6.72. The molecule has 0 radical (unpaired) electrons. The number of benzene rings is 1. The Hall–Kier alpha value is -3.51. The smallest absolute Gasteiger partial charge is 0.407 e. The van der Waals surface area contributed by atoms with Gasteiger partial charge in [-0.15, -0.1) is 0 Å². The third-order valence-electron chi connectivity index (χ3n) is 9.37. The number of furan rings is 1. The highest BCUT2D eigenvalue weighted by Crippen LogP contribution is 2.39. The van der Waals surface area contributed by atoms with E-state index in [1.165, 1.54) is 6.07 Å². The number of anilines is 1. The summed E-state index contributed by atoms with van der Waals surface area (Å²) in [4.78, 5) is 48.5. The van der Waals surface area contributed by atoms with E-state index in [-0.39, 0.29) is 23.6 Å². The largest absolute Gasteiger partial charge is 0.475 e. The Labute approximate surface area is 283 Å². The van der Waals surface area contributed by atoms with Gasteiger partial charge in [0.05, 0.1) is 18.2 Å². The first-order valence-electron chi connectivity index (χ1n) is 17.1. The van der Waals surface area contributed by atoms with Crippen LogP contribution in [0.4, 0.5) is 14.9 Å². The van der Waals surface area contributed by atoms with Crippen LogP contribution in [0.2, 0.25) is 0 Å². The van der Waals surface area contributed by atoms with E-state index in [1.807, 2.05) is 14.0 Å². The summed E-state index contributed by atoms with van der Waals surface area (Å²) in [5.74, 6) is -0.270. The molecule has 0 bridgehead atoms. The van der Waals surface area contributed by atoms with Crippen LogP contribution in [-0.4, -0.2) is 85.4 Å². The maximum atomic E-state index is 13.2. The molecule has 12 heteroatoms. The highest BCUT2D eigenvalue weighted by Gasteiger charge is 2.42. The van der Waals surface area contributed by atoms with E-state index in [0.717, 1.165) is 57.8 Å². The lowest BCUT2D eigenvalue weighted by molar-refractivity contribution is -0.121. The highest BCUT2D eigenvalue weighted by molar-refractivity contribution is 5.98. The molecular formula is C36H54FN3O8. The van der Waals surface area contributed by atoms with Gasteiger partial charge >= 0.3 is 12.1 Å². The van der Waals surface area contributed by atoms with Crippen molar-refractivity contribution in [2.45, 2.75) is 109 Å². The number of aldehydes is 1. The summed E-state index contributed by atoms with van der Waals surface area (Å²) in [5, 5.41) is 15.3. The van der Waals surface area contributed by atoms with Crippen LogP contribution >= 0.6 is 0 Å².